The van der Waals surface area contributed by atoms with E-state index in [1.54, 1.807) is 12.1 Å². The second kappa shape index (κ2) is 5.42. The number of hydrogen-bond acceptors (Lipinski definition) is 7. The van der Waals surface area contributed by atoms with Crippen LogP contribution in [0.2, 0.25) is 0 Å². The van der Waals surface area contributed by atoms with Crippen LogP contribution in [0.3, 0.4) is 0 Å². The highest BCUT2D eigenvalue weighted by Crippen LogP contribution is 2.51. The summed E-state index contributed by atoms with van der Waals surface area (Å²) in [6.45, 7) is 1.41. The van der Waals surface area contributed by atoms with Crippen LogP contribution in [0.15, 0.2) is 18.2 Å². The Hall–Kier alpha value is -2.19. The molecule has 1 saturated carbocycles. The molecule has 126 valence electrons. The van der Waals surface area contributed by atoms with E-state index in [0.29, 0.717) is 17.7 Å². The summed E-state index contributed by atoms with van der Waals surface area (Å²) in [7, 11) is 0. The molecule has 3 atom stereocenters. The molecule has 2 aromatic rings. The number of carbonyl (C=O) groups is 2. The first kappa shape index (κ1) is 15.3. The maximum atomic E-state index is 11.2. The molecule has 0 bridgehead atoms. The van der Waals surface area contributed by atoms with Gasteiger partial charge < -0.3 is 19.9 Å². The molecule has 4 rings (SSSR count). The Morgan fingerprint density at radius 1 is 1.46 bits per heavy atom. The van der Waals surface area contributed by atoms with Gasteiger partial charge in [-0.05, 0) is 24.6 Å². The molecule has 1 amide bonds. The number of nitrogens with two attached hydrogens (primary N) is 1. The SMILES string of the molecule is CC(=O)OC12CC[C@H](Oc3ccc4nc(C(N)=O)sc4c3)OC1C2. The zero-order valence-corrected chi connectivity index (χ0v) is 13.8. The maximum absolute atomic E-state index is 11.2. The highest BCUT2D eigenvalue weighted by atomic mass is 32.1. The standard InChI is InChI=1S/C16H16N2O5S/c1-8(19)23-16-5-4-13(22-12(16)7-16)21-9-2-3-10-11(6-9)24-15(18-10)14(17)20/h2-3,6,12-13H,4-5,7H2,1H3,(H2,17,20)/t12?,13-,16?/m1/s1. The van der Waals surface area contributed by atoms with Gasteiger partial charge in [-0.1, -0.05) is 0 Å². The van der Waals surface area contributed by atoms with Crippen LogP contribution in [0.25, 0.3) is 10.2 Å². The summed E-state index contributed by atoms with van der Waals surface area (Å²) in [5.74, 6) is -0.168. The van der Waals surface area contributed by atoms with E-state index in [1.807, 2.05) is 6.07 Å². The van der Waals surface area contributed by atoms with Crippen LogP contribution < -0.4 is 10.5 Å². The van der Waals surface area contributed by atoms with Crippen LogP contribution in [0.1, 0.15) is 36.0 Å². The third-order valence-electron chi connectivity index (χ3n) is 4.26. The van der Waals surface area contributed by atoms with Crippen LogP contribution in [-0.2, 0) is 14.3 Å². The topological polar surface area (TPSA) is 101 Å². The first-order valence-electron chi connectivity index (χ1n) is 7.67. The van der Waals surface area contributed by atoms with Gasteiger partial charge in [0.1, 0.15) is 17.5 Å². The van der Waals surface area contributed by atoms with E-state index in [1.165, 1.54) is 18.3 Å². The lowest BCUT2D eigenvalue weighted by Gasteiger charge is -2.28. The lowest BCUT2D eigenvalue weighted by atomic mass is 10.1. The Labute approximate surface area is 141 Å². The second-order valence-electron chi connectivity index (χ2n) is 6.09. The van der Waals surface area contributed by atoms with Crippen molar-refractivity contribution in [3.63, 3.8) is 0 Å². The van der Waals surface area contributed by atoms with Crippen molar-refractivity contribution in [2.75, 3.05) is 0 Å². The summed E-state index contributed by atoms with van der Waals surface area (Å²) in [4.78, 5) is 26.5. The molecule has 2 heterocycles. The first-order chi connectivity index (χ1) is 11.4. The van der Waals surface area contributed by atoms with E-state index in [-0.39, 0.29) is 23.4 Å². The van der Waals surface area contributed by atoms with Crippen LogP contribution in [0.5, 0.6) is 5.75 Å². The van der Waals surface area contributed by atoms with Crippen molar-refractivity contribution < 1.29 is 23.8 Å². The number of esters is 1. The zero-order chi connectivity index (χ0) is 16.9. The molecule has 1 saturated heterocycles. The van der Waals surface area contributed by atoms with E-state index in [0.717, 1.165) is 17.5 Å². The fourth-order valence-electron chi connectivity index (χ4n) is 3.07. The normalized spacial score (nSPS) is 28.2. The molecule has 8 heteroatoms. The number of amides is 1. The molecule has 2 fully saturated rings. The largest absolute Gasteiger partial charge is 0.465 e. The van der Waals surface area contributed by atoms with Gasteiger partial charge in [0.05, 0.1) is 10.2 Å². The van der Waals surface area contributed by atoms with Gasteiger partial charge in [-0.15, -0.1) is 11.3 Å². The van der Waals surface area contributed by atoms with Gasteiger partial charge in [-0.25, -0.2) is 4.98 Å². The minimum absolute atomic E-state index is 0.0891. The third-order valence-corrected chi connectivity index (χ3v) is 5.29. The van der Waals surface area contributed by atoms with Gasteiger partial charge in [0.15, 0.2) is 11.3 Å². The summed E-state index contributed by atoms with van der Waals surface area (Å²) >= 11 is 1.23. The number of rotatable bonds is 4. The van der Waals surface area contributed by atoms with Crippen molar-refractivity contribution >= 4 is 33.4 Å². The van der Waals surface area contributed by atoms with Crippen LogP contribution in [-0.4, -0.2) is 34.9 Å². The predicted octanol–water partition coefficient (Wildman–Crippen LogP) is 1.98. The molecule has 0 radical (unpaired) electrons. The van der Waals surface area contributed by atoms with E-state index < -0.39 is 11.5 Å². The van der Waals surface area contributed by atoms with Crippen molar-refractivity contribution in [2.24, 2.45) is 5.73 Å². The lowest BCUT2D eigenvalue weighted by Crippen LogP contribution is -2.35. The Bertz CT molecular complexity index is 835. The molecule has 1 aliphatic carbocycles. The number of benzene rings is 1. The second-order valence-corrected chi connectivity index (χ2v) is 7.12. The molecule has 1 aromatic heterocycles. The maximum Gasteiger partial charge on any atom is 0.303 e. The number of ether oxygens (including phenoxy) is 3. The molecular weight excluding hydrogens is 332 g/mol. The van der Waals surface area contributed by atoms with Gasteiger partial charge in [-0.2, -0.15) is 0 Å². The Morgan fingerprint density at radius 3 is 3.00 bits per heavy atom. The van der Waals surface area contributed by atoms with Gasteiger partial charge in [-0.3, -0.25) is 9.59 Å². The lowest BCUT2D eigenvalue weighted by molar-refractivity contribution is -0.173. The molecular formula is C16H16N2O5S. The van der Waals surface area contributed by atoms with E-state index >= 15 is 0 Å². The summed E-state index contributed by atoms with van der Waals surface area (Å²) in [6, 6.07) is 5.40. The quantitative estimate of drug-likeness (QED) is 0.848. The Morgan fingerprint density at radius 2 is 2.29 bits per heavy atom. The number of thiazole rings is 1. The van der Waals surface area contributed by atoms with Crippen LogP contribution >= 0.6 is 11.3 Å². The molecule has 2 unspecified atom stereocenters. The molecule has 2 N–H and O–H groups in total. The van der Waals surface area contributed by atoms with Crippen LogP contribution in [0, 0.1) is 0 Å². The molecule has 1 aromatic carbocycles. The van der Waals surface area contributed by atoms with Crippen molar-refractivity contribution in [2.45, 2.75) is 44.2 Å². The molecule has 0 spiro atoms. The highest BCUT2D eigenvalue weighted by Gasteiger charge is 2.62. The number of aromatic nitrogens is 1. The summed E-state index contributed by atoms with van der Waals surface area (Å²) in [5.41, 5.74) is 5.52. The van der Waals surface area contributed by atoms with Crippen molar-refractivity contribution in [3.05, 3.63) is 23.2 Å². The minimum atomic E-state index is -0.537. The van der Waals surface area contributed by atoms with Crippen molar-refractivity contribution in [1.29, 1.82) is 0 Å². The monoisotopic (exact) mass is 348 g/mol. The van der Waals surface area contributed by atoms with Gasteiger partial charge >= 0.3 is 5.97 Å². The zero-order valence-electron chi connectivity index (χ0n) is 13.0. The summed E-state index contributed by atoms with van der Waals surface area (Å²) in [5, 5.41) is 0.278. The number of hydrogen-bond donors (Lipinski definition) is 1. The van der Waals surface area contributed by atoms with Gasteiger partial charge in [0.25, 0.3) is 5.91 Å². The minimum Gasteiger partial charge on any atom is -0.465 e. The van der Waals surface area contributed by atoms with Crippen molar-refractivity contribution in [1.82, 2.24) is 4.98 Å². The summed E-state index contributed by atoms with van der Waals surface area (Å²) < 4.78 is 17.9. The number of nitrogens with zero attached hydrogens (tertiary/aromatic N) is 1. The van der Waals surface area contributed by atoms with E-state index in [4.69, 9.17) is 19.9 Å². The van der Waals surface area contributed by atoms with Crippen LogP contribution in [0.4, 0.5) is 0 Å². The predicted molar refractivity (Wildman–Crippen MR) is 85.8 cm³/mol. The van der Waals surface area contributed by atoms with E-state index in [2.05, 4.69) is 4.98 Å². The smallest absolute Gasteiger partial charge is 0.303 e. The van der Waals surface area contributed by atoms with Crippen molar-refractivity contribution in [3.8, 4) is 5.75 Å². The highest BCUT2D eigenvalue weighted by molar-refractivity contribution is 7.20. The molecule has 1 aliphatic heterocycles. The Balaban J connectivity index is 1.44. The summed E-state index contributed by atoms with van der Waals surface area (Å²) in [6.07, 6.45) is 1.64. The average Bonchev–Trinajstić information content (AvgIpc) is 3.02. The molecule has 7 nitrogen and oxygen atoms in total. The molecule has 24 heavy (non-hydrogen) atoms. The van der Waals surface area contributed by atoms with Gasteiger partial charge in [0, 0.05) is 19.8 Å². The first-order valence-corrected chi connectivity index (χ1v) is 8.49. The fourth-order valence-corrected chi connectivity index (χ4v) is 3.92. The number of fused-ring (bicyclic) bond motifs is 2. The third kappa shape index (κ3) is 2.71. The number of primary amides is 1. The average molecular weight is 348 g/mol. The molecule has 2 aliphatic rings. The number of carbonyl (C=O) groups excluding carboxylic acids is 2. The Kier molecular flexibility index (Phi) is 3.47. The van der Waals surface area contributed by atoms with E-state index in [9.17, 15) is 9.59 Å². The fraction of sp³-hybridized carbons (Fsp3) is 0.438. The van der Waals surface area contributed by atoms with Gasteiger partial charge in [0.2, 0.25) is 0 Å².